The van der Waals surface area contributed by atoms with Crippen LogP contribution in [0.2, 0.25) is 0 Å². The molecule has 1 aromatic heterocycles. The largest absolute Gasteiger partial charge is 0.370 e. The summed E-state index contributed by atoms with van der Waals surface area (Å²) in [7, 11) is 0. The van der Waals surface area contributed by atoms with Crippen LogP contribution in [0.25, 0.3) is 0 Å². The first-order valence-corrected chi connectivity index (χ1v) is 8.37. The molecule has 118 valence electrons. The molecule has 2 heterocycles. The third-order valence-corrected chi connectivity index (χ3v) is 4.08. The molecular formula is C18H30N2O. The number of hydrogen-bond acceptors (Lipinski definition) is 3. The number of carbonyl (C=O) groups excluding carboxylic acids is 1. The van der Waals surface area contributed by atoms with Crippen LogP contribution in [0, 0.1) is 11.8 Å². The van der Waals surface area contributed by atoms with E-state index in [4.69, 9.17) is 0 Å². The van der Waals surface area contributed by atoms with Crippen molar-refractivity contribution < 1.29 is 4.79 Å². The van der Waals surface area contributed by atoms with E-state index >= 15 is 0 Å². The van der Waals surface area contributed by atoms with E-state index in [-0.39, 0.29) is 11.7 Å². The van der Waals surface area contributed by atoms with Gasteiger partial charge in [-0.15, -0.1) is 0 Å². The van der Waals surface area contributed by atoms with Crippen molar-refractivity contribution in [3.8, 4) is 0 Å². The van der Waals surface area contributed by atoms with E-state index in [0.717, 1.165) is 24.7 Å². The Kier molecular flexibility index (Phi) is 7.41. The molecular weight excluding hydrogens is 260 g/mol. The van der Waals surface area contributed by atoms with Crippen molar-refractivity contribution in [2.45, 2.75) is 53.9 Å². The fourth-order valence-electron chi connectivity index (χ4n) is 2.61. The Morgan fingerprint density at radius 3 is 2.33 bits per heavy atom. The van der Waals surface area contributed by atoms with E-state index in [1.165, 1.54) is 19.3 Å². The molecule has 1 aliphatic heterocycles. The summed E-state index contributed by atoms with van der Waals surface area (Å²) in [5, 5.41) is 0. The molecule has 0 radical (unpaired) electrons. The molecule has 0 spiro atoms. The Morgan fingerprint density at radius 1 is 1.29 bits per heavy atom. The minimum Gasteiger partial charge on any atom is -0.370 e. The molecule has 1 fully saturated rings. The Balaban J connectivity index is 0.00000106. The maximum absolute atomic E-state index is 11.8. The van der Waals surface area contributed by atoms with Gasteiger partial charge >= 0.3 is 0 Å². The zero-order valence-corrected chi connectivity index (χ0v) is 14.2. The summed E-state index contributed by atoms with van der Waals surface area (Å²) in [5.41, 5.74) is 1.73. The highest BCUT2D eigenvalue weighted by Crippen LogP contribution is 2.24. The van der Waals surface area contributed by atoms with E-state index in [1.54, 1.807) is 0 Å². The van der Waals surface area contributed by atoms with Crippen LogP contribution in [0.3, 0.4) is 0 Å². The highest BCUT2D eigenvalue weighted by Gasteiger charge is 2.19. The lowest BCUT2D eigenvalue weighted by Gasteiger charge is -2.33. The lowest BCUT2D eigenvalue weighted by atomic mass is 9.94. The second kappa shape index (κ2) is 8.81. The van der Waals surface area contributed by atoms with Crippen molar-refractivity contribution in [1.82, 2.24) is 4.98 Å². The van der Waals surface area contributed by atoms with E-state index in [0.29, 0.717) is 5.69 Å². The maximum Gasteiger partial charge on any atom is 0.183 e. The van der Waals surface area contributed by atoms with Gasteiger partial charge in [0.05, 0.1) is 11.9 Å². The van der Waals surface area contributed by atoms with Crippen molar-refractivity contribution in [3.63, 3.8) is 0 Å². The molecule has 1 aliphatic rings. The van der Waals surface area contributed by atoms with Crippen LogP contribution in [0.5, 0.6) is 0 Å². The number of pyridine rings is 1. The fraction of sp³-hybridized carbons (Fsp3) is 0.667. The standard InChI is InChI=1S/C16H24N2O.C2H6/c1-4-13-7-9-18(10-8-13)14-5-6-15(17-11-14)16(19)12(2)3;1-2/h5-6,11-13H,4,7-10H2,1-3H3;1-2H3. The molecule has 1 saturated heterocycles. The summed E-state index contributed by atoms with van der Waals surface area (Å²) in [4.78, 5) is 18.5. The van der Waals surface area contributed by atoms with Gasteiger partial charge in [0.1, 0.15) is 5.69 Å². The van der Waals surface area contributed by atoms with E-state index in [9.17, 15) is 4.79 Å². The minimum atomic E-state index is 0.0126. The zero-order valence-electron chi connectivity index (χ0n) is 14.2. The third-order valence-electron chi connectivity index (χ3n) is 4.08. The Hall–Kier alpha value is -1.38. The Morgan fingerprint density at radius 2 is 1.90 bits per heavy atom. The number of aromatic nitrogens is 1. The van der Waals surface area contributed by atoms with Crippen molar-refractivity contribution in [2.24, 2.45) is 11.8 Å². The first-order valence-electron chi connectivity index (χ1n) is 8.37. The van der Waals surface area contributed by atoms with Gasteiger partial charge in [0.15, 0.2) is 5.78 Å². The lowest BCUT2D eigenvalue weighted by molar-refractivity contribution is 0.0934. The summed E-state index contributed by atoms with van der Waals surface area (Å²) >= 11 is 0. The summed E-state index contributed by atoms with van der Waals surface area (Å²) in [6.45, 7) is 12.3. The zero-order chi connectivity index (χ0) is 15.8. The Labute approximate surface area is 129 Å². The van der Waals surface area contributed by atoms with Gasteiger partial charge in [-0.3, -0.25) is 9.78 Å². The van der Waals surface area contributed by atoms with Gasteiger partial charge in [0.2, 0.25) is 0 Å². The summed E-state index contributed by atoms with van der Waals surface area (Å²) in [6.07, 6.45) is 5.67. The van der Waals surface area contributed by atoms with Gasteiger partial charge in [-0.2, -0.15) is 0 Å². The predicted octanol–water partition coefficient (Wildman–Crippen LogP) is 4.57. The van der Waals surface area contributed by atoms with Crippen LogP contribution in [0.4, 0.5) is 5.69 Å². The quantitative estimate of drug-likeness (QED) is 0.761. The van der Waals surface area contributed by atoms with Crippen LogP contribution < -0.4 is 4.90 Å². The van der Waals surface area contributed by atoms with Crippen LogP contribution in [-0.4, -0.2) is 23.9 Å². The number of carbonyl (C=O) groups is 1. The second-order valence-electron chi connectivity index (χ2n) is 5.76. The smallest absolute Gasteiger partial charge is 0.183 e. The van der Waals surface area contributed by atoms with Crippen molar-refractivity contribution in [3.05, 3.63) is 24.0 Å². The molecule has 0 bridgehead atoms. The minimum absolute atomic E-state index is 0.0126. The molecule has 1 aromatic rings. The summed E-state index contributed by atoms with van der Waals surface area (Å²) in [6, 6.07) is 3.90. The third kappa shape index (κ3) is 4.83. The first-order chi connectivity index (χ1) is 10.1. The molecule has 3 heteroatoms. The topological polar surface area (TPSA) is 33.2 Å². The van der Waals surface area contributed by atoms with Gasteiger partial charge in [-0.05, 0) is 30.9 Å². The number of rotatable bonds is 4. The molecule has 0 N–H and O–H groups in total. The average Bonchev–Trinajstić information content (AvgIpc) is 2.56. The van der Waals surface area contributed by atoms with E-state index in [1.807, 2.05) is 46.0 Å². The van der Waals surface area contributed by atoms with Crippen LogP contribution in [-0.2, 0) is 0 Å². The highest BCUT2D eigenvalue weighted by atomic mass is 16.1. The van der Waals surface area contributed by atoms with Crippen molar-refractivity contribution in [2.75, 3.05) is 18.0 Å². The van der Waals surface area contributed by atoms with Gasteiger partial charge in [-0.1, -0.05) is 41.0 Å². The maximum atomic E-state index is 11.8. The summed E-state index contributed by atoms with van der Waals surface area (Å²) < 4.78 is 0. The molecule has 0 atom stereocenters. The van der Waals surface area contributed by atoms with Gasteiger partial charge in [0.25, 0.3) is 0 Å². The fourth-order valence-corrected chi connectivity index (χ4v) is 2.61. The van der Waals surface area contributed by atoms with Gasteiger partial charge in [-0.25, -0.2) is 0 Å². The molecule has 21 heavy (non-hydrogen) atoms. The molecule has 0 aromatic carbocycles. The molecule has 0 amide bonds. The highest BCUT2D eigenvalue weighted by molar-refractivity contribution is 5.95. The number of ketones is 1. The van der Waals surface area contributed by atoms with E-state index < -0.39 is 0 Å². The van der Waals surface area contributed by atoms with Crippen LogP contribution in [0.1, 0.15) is 64.4 Å². The monoisotopic (exact) mass is 290 g/mol. The van der Waals surface area contributed by atoms with Crippen LogP contribution in [0.15, 0.2) is 18.3 Å². The molecule has 3 nitrogen and oxygen atoms in total. The van der Waals surface area contributed by atoms with Gasteiger partial charge in [0, 0.05) is 19.0 Å². The van der Waals surface area contributed by atoms with Crippen LogP contribution >= 0.6 is 0 Å². The normalized spacial score (nSPS) is 15.6. The molecule has 0 aliphatic carbocycles. The average molecular weight is 290 g/mol. The Bertz CT molecular complexity index is 417. The number of anilines is 1. The predicted molar refractivity (Wildman–Crippen MR) is 90.0 cm³/mol. The molecule has 0 saturated carbocycles. The summed E-state index contributed by atoms with van der Waals surface area (Å²) in [5.74, 6) is 1.01. The number of hydrogen-bond donors (Lipinski definition) is 0. The second-order valence-corrected chi connectivity index (χ2v) is 5.76. The van der Waals surface area contributed by atoms with Crippen molar-refractivity contribution >= 4 is 11.5 Å². The van der Waals surface area contributed by atoms with Crippen molar-refractivity contribution in [1.29, 1.82) is 0 Å². The van der Waals surface area contributed by atoms with E-state index in [2.05, 4.69) is 16.8 Å². The number of nitrogens with zero attached hydrogens (tertiary/aromatic N) is 2. The number of Topliss-reactive ketones (excluding diaryl/α,β-unsaturated/α-hetero) is 1. The lowest BCUT2D eigenvalue weighted by Crippen LogP contribution is -2.33. The van der Waals surface area contributed by atoms with Gasteiger partial charge < -0.3 is 4.90 Å². The first kappa shape index (κ1) is 17.7. The molecule has 2 rings (SSSR count). The number of piperidine rings is 1. The molecule has 0 unspecified atom stereocenters. The SMILES string of the molecule is CC.CCC1CCN(c2ccc(C(=O)C(C)C)nc2)CC1.